The van der Waals surface area contributed by atoms with Gasteiger partial charge in [-0.3, -0.25) is 4.79 Å². The predicted molar refractivity (Wildman–Crippen MR) is 93.2 cm³/mol. The summed E-state index contributed by atoms with van der Waals surface area (Å²) in [6, 6.07) is 10.7. The van der Waals surface area contributed by atoms with E-state index >= 15 is 0 Å². The molecule has 0 saturated carbocycles. The van der Waals surface area contributed by atoms with E-state index in [9.17, 15) is 4.79 Å². The summed E-state index contributed by atoms with van der Waals surface area (Å²) in [4.78, 5) is 12.5. The van der Waals surface area contributed by atoms with Gasteiger partial charge < -0.3 is 19.5 Å². The minimum atomic E-state index is -0.241. The zero-order valence-electron chi connectivity index (χ0n) is 12.5. The molecule has 0 aliphatic carbocycles. The highest BCUT2D eigenvalue weighted by Crippen LogP contribution is 2.32. The Kier molecular flexibility index (Phi) is 5.48. The van der Waals surface area contributed by atoms with Crippen LogP contribution in [-0.4, -0.2) is 27.2 Å². The minimum absolute atomic E-state index is 0.241. The maximum atomic E-state index is 12.5. The second-order valence-corrected chi connectivity index (χ2v) is 5.50. The average molecular weight is 413 g/mol. The monoisotopic (exact) mass is 413 g/mol. The molecule has 0 aromatic heterocycles. The van der Waals surface area contributed by atoms with Crippen LogP contribution < -0.4 is 19.5 Å². The summed E-state index contributed by atoms with van der Waals surface area (Å²) in [5.41, 5.74) is 1.12. The number of hydrogen-bond acceptors (Lipinski definition) is 4. The Balaban J connectivity index is 2.33. The smallest absolute Gasteiger partial charge is 0.256 e. The second kappa shape index (κ2) is 7.35. The summed E-state index contributed by atoms with van der Waals surface area (Å²) < 4.78 is 16.5. The van der Waals surface area contributed by atoms with Crippen LogP contribution in [0.3, 0.4) is 0 Å². The molecule has 0 spiro atoms. The summed E-state index contributed by atoms with van der Waals surface area (Å²) in [6.45, 7) is 0. The molecule has 22 heavy (non-hydrogen) atoms. The van der Waals surface area contributed by atoms with Gasteiger partial charge in [-0.1, -0.05) is 12.1 Å². The number of rotatable bonds is 5. The first-order valence-electron chi connectivity index (χ1n) is 6.46. The molecule has 2 rings (SSSR count). The normalized spacial score (nSPS) is 10.0. The van der Waals surface area contributed by atoms with Gasteiger partial charge in [0.05, 0.1) is 32.6 Å². The van der Waals surface area contributed by atoms with E-state index in [1.54, 1.807) is 38.5 Å². The Morgan fingerprint density at radius 2 is 1.55 bits per heavy atom. The molecular formula is C16H16INO4. The van der Waals surface area contributed by atoms with Gasteiger partial charge in [0.2, 0.25) is 0 Å². The molecule has 0 unspecified atom stereocenters. The fraction of sp³-hybridized carbons (Fsp3) is 0.188. The van der Waals surface area contributed by atoms with Crippen LogP contribution in [0, 0.1) is 3.57 Å². The van der Waals surface area contributed by atoms with E-state index in [2.05, 4.69) is 27.9 Å². The lowest BCUT2D eigenvalue weighted by molar-refractivity contribution is 0.102. The molecule has 6 heteroatoms. The lowest BCUT2D eigenvalue weighted by Crippen LogP contribution is -2.14. The van der Waals surface area contributed by atoms with Gasteiger partial charge in [-0.25, -0.2) is 0 Å². The van der Waals surface area contributed by atoms with E-state index in [1.807, 2.05) is 12.1 Å². The molecule has 0 atom stereocenters. The predicted octanol–water partition coefficient (Wildman–Crippen LogP) is 3.57. The summed E-state index contributed by atoms with van der Waals surface area (Å²) >= 11 is 2.09. The van der Waals surface area contributed by atoms with E-state index in [0.29, 0.717) is 28.5 Å². The van der Waals surface area contributed by atoms with Crippen LogP contribution in [-0.2, 0) is 0 Å². The van der Waals surface area contributed by atoms with E-state index in [-0.39, 0.29) is 5.91 Å². The van der Waals surface area contributed by atoms with Gasteiger partial charge in [0.15, 0.2) is 11.5 Å². The highest BCUT2D eigenvalue weighted by Gasteiger charge is 2.16. The van der Waals surface area contributed by atoms with Crippen molar-refractivity contribution in [1.29, 1.82) is 0 Å². The highest BCUT2D eigenvalue weighted by molar-refractivity contribution is 14.1. The average Bonchev–Trinajstić information content (AvgIpc) is 2.54. The summed E-state index contributed by atoms with van der Waals surface area (Å²) in [5.74, 6) is 1.45. The molecule has 0 saturated heterocycles. The van der Waals surface area contributed by atoms with Crippen LogP contribution in [0.4, 0.5) is 5.69 Å². The molecule has 5 nitrogen and oxygen atoms in total. The molecule has 0 bridgehead atoms. The number of carbonyl (C=O) groups is 1. The number of halogens is 1. The van der Waals surface area contributed by atoms with Crippen molar-refractivity contribution in [3.05, 3.63) is 45.5 Å². The molecule has 0 radical (unpaired) electrons. The largest absolute Gasteiger partial charge is 0.495 e. The van der Waals surface area contributed by atoms with Gasteiger partial charge in [0.1, 0.15) is 5.75 Å². The number of hydrogen-bond donors (Lipinski definition) is 1. The Labute approximate surface area is 142 Å². The second-order valence-electron chi connectivity index (χ2n) is 4.34. The van der Waals surface area contributed by atoms with Crippen LogP contribution in [0.25, 0.3) is 0 Å². The van der Waals surface area contributed by atoms with Crippen molar-refractivity contribution in [1.82, 2.24) is 0 Å². The molecule has 2 aromatic rings. The van der Waals surface area contributed by atoms with Crippen LogP contribution >= 0.6 is 22.6 Å². The first-order valence-corrected chi connectivity index (χ1v) is 7.54. The van der Waals surface area contributed by atoms with E-state index in [1.165, 1.54) is 7.11 Å². The number of para-hydroxylation sites is 2. The van der Waals surface area contributed by atoms with Gasteiger partial charge >= 0.3 is 0 Å². The fourth-order valence-electron chi connectivity index (χ4n) is 1.97. The van der Waals surface area contributed by atoms with Crippen LogP contribution in [0.2, 0.25) is 0 Å². The number of methoxy groups -OCH3 is 3. The lowest BCUT2D eigenvalue weighted by atomic mass is 10.1. The Bertz CT molecular complexity index is 688. The molecule has 116 valence electrons. The zero-order valence-corrected chi connectivity index (χ0v) is 14.6. The Hall–Kier alpha value is -1.96. The molecule has 0 heterocycles. The highest BCUT2D eigenvalue weighted by atomic mass is 127. The molecule has 0 aliphatic rings. The van der Waals surface area contributed by atoms with Crippen LogP contribution in [0.5, 0.6) is 17.2 Å². The third-order valence-electron chi connectivity index (χ3n) is 3.07. The molecule has 1 N–H and O–H groups in total. The van der Waals surface area contributed by atoms with Crippen molar-refractivity contribution in [2.24, 2.45) is 0 Å². The first-order chi connectivity index (χ1) is 10.6. The topological polar surface area (TPSA) is 56.8 Å². The molecule has 1 amide bonds. The van der Waals surface area contributed by atoms with Gasteiger partial charge in [-0.15, -0.1) is 0 Å². The Morgan fingerprint density at radius 1 is 0.955 bits per heavy atom. The van der Waals surface area contributed by atoms with Gasteiger partial charge in [-0.2, -0.15) is 0 Å². The zero-order chi connectivity index (χ0) is 16.1. The van der Waals surface area contributed by atoms with Crippen LogP contribution in [0.15, 0.2) is 36.4 Å². The number of amides is 1. The number of nitrogens with one attached hydrogen (secondary N) is 1. The van der Waals surface area contributed by atoms with E-state index < -0.39 is 0 Å². The maximum absolute atomic E-state index is 12.5. The van der Waals surface area contributed by atoms with Crippen molar-refractivity contribution in [2.45, 2.75) is 0 Å². The quantitative estimate of drug-likeness (QED) is 0.762. The number of ether oxygens (including phenoxy) is 3. The van der Waals surface area contributed by atoms with Crippen molar-refractivity contribution in [2.75, 3.05) is 26.6 Å². The third-order valence-corrected chi connectivity index (χ3v) is 3.97. The molecular weight excluding hydrogens is 397 g/mol. The van der Waals surface area contributed by atoms with Crippen LogP contribution in [0.1, 0.15) is 10.4 Å². The number of anilines is 1. The van der Waals surface area contributed by atoms with E-state index in [0.717, 1.165) is 3.57 Å². The van der Waals surface area contributed by atoms with Gasteiger partial charge in [-0.05, 0) is 46.9 Å². The molecule has 0 aliphatic heterocycles. The van der Waals surface area contributed by atoms with Gasteiger partial charge in [0, 0.05) is 3.57 Å². The van der Waals surface area contributed by atoms with Crippen molar-refractivity contribution in [3.8, 4) is 17.2 Å². The summed E-state index contributed by atoms with van der Waals surface area (Å²) in [6.07, 6.45) is 0. The van der Waals surface area contributed by atoms with E-state index in [4.69, 9.17) is 14.2 Å². The molecule has 2 aromatic carbocycles. The standard InChI is InChI=1S/C16H16INO4/c1-20-13-7-5-4-6-12(13)18-16(19)10-8-14(21-2)15(22-3)9-11(10)17/h4-9H,1-3H3,(H,18,19). The SMILES string of the molecule is COc1ccccc1NC(=O)c1cc(OC)c(OC)cc1I. The van der Waals surface area contributed by atoms with Crippen molar-refractivity contribution in [3.63, 3.8) is 0 Å². The summed E-state index contributed by atoms with van der Waals surface area (Å²) in [7, 11) is 4.65. The lowest BCUT2D eigenvalue weighted by Gasteiger charge is -2.13. The first kappa shape index (κ1) is 16.4. The fourth-order valence-corrected chi connectivity index (χ4v) is 2.65. The van der Waals surface area contributed by atoms with Crippen molar-refractivity contribution < 1.29 is 19.0 Å². The Morgan fingerprint density at radius 3 is 2.18 bits per heavy atom. The minimum Gasteiger partial charge on any atom is -0.495 e. The summed E-state index contributed by atoms with van der Waals surface area (Å²) in [5, 5.41) is 2.84. The maximum Gasteiger partial charge on any atom is 0.256 e. The van der Waals surface area contributed by atoms with Crippen molar-refractivity contribution >= 4 is 34.2 Å². The van der Waals surface area contributed by atoms with Gasteiger partial charge in [0.25, 0.3) is 5.91 Å². The number of carbonyl (C=O) groups excluding carboxylic acids is 1. The number of benzene rings is 2. The molecule has 0 fully saturated rings. The third kappa shape index (κ3) is 3.44.